The topological polar surface area (TPSA) is 67.2 Å². The van der Waals surface area contributed by atoms with Crippen LogP contribution in [0, 0.1) is 5.92 Å². The molecule has 2 atom stereocenters. The molecule has 0 aromatic heterocycles. The lowest BCUT2D eigenvalue weighted by atomic mass is 9.95. The van der Waals surface area contributed by atoms with Crippen molar-refractivity contribution in [2.75, 3.05) is 6.54 Å². The van der Waals surface area contributed by atoms with Crippen molar-refractivity contribution in [3.63, 3.8) is 0 Å². The van der Waals surface area contributed by atoms with Crippen LogP contribution in [0.3, 0.4) is 0 Å². The van der Waals surface area contributed by atoms with Gasteiger partial charge in [0.2, 0.25) is 5.91 Å². The second-order valence-corrected chi connectivity index (χ2v) is 3.42. The highest BCUT2D eigenvalue weighted by Crippen LogP contribution is 2.23. The van der Waals surface area contributed by atoms with Gasteiger partial charge in [-0.2, -0.15) is 0 Å². The van der Waals surface area contributed by atoms with Crippen molar-refractivity contribution in [2.24, 2.45) is 11.7 Å². The monoisotopic (exact) mass is 191 g/mol. The van der Waals surface area contributed by atoms with Gasteiger partial charge in [-0.05, 0) is 5.56 Å². The van der Waals surface area contributed by atoms with Crippen molar-refractivity contribution in [2.45, 2.75) is 6.04 Å². The molecule has 0 spiro atoms. The van der Waals surface area contributed by atoms with Crippen molar-refractivity contribution < 1.29 is 4.79 Å². The number of hydrazine groups is 1. The van der Waals surface area contributed by atoms with Gasteiger partial charge in [0.05, 0.1) is 12.0 Å². The summed E-state index contributed by atoms with van der Waals surface area (Å²) in [6, 6.07) is 9.82. The van der Waals surface area contributed by atoms with Gasteiger partial charge in [0.25, 0.3) is 0 Å². The van der Waals surface area contributed by atoms with Crippen LogP contribution in [0.5, 0.6) is 0 Å². The summed E-state index contributed by atoms with van der Waals surface area (Å²) in [5.74, 6) is -0.436. The van der Waals surface area contributed by atoms with Gasteiger partial charge in [-0.1, -0.05) is 30.3 Å². The summed E-state index contributed by atoms with van der Waals surface area (Å²) in [5, 5.41) is 0. The molecule has 4 nitrogen and oxygen atoms in total. The first-order chi connectivity index (χ1) is 6.79. The van der Waals surface area contributed by atoms with E-state index in [2.05, 4.69) is 10.9 Å². The van der Waals surface area contributed by atoms with Crippen LogP contribution in [0.4, 0.5) is 0 Å². The predicted molar refractivity (Wildman–Crippen MR) is 53.0 cm³/mol. The number of rotatable bonds is 2. The third kappa shape index (κ3) is 1.62. The van der Waals surface area contributed by atoms with Crippen LogP contribution in [0.15, 0.2) is 30.3 Å². The van der Waals surface area contributed by atoms with Crippen LogP contribution >= 0.6 is 0 Å². The van der Waals surface area contributed by atoms with Gasteiger partial charge >= 0.3 is 0 Å². The number of hydrogen-bond acceptors (Lipinski definition) is 3. The van der Waals surface area contributed by atoms with Crippen molar-refractivity contribution in [1.29, 1.82) is 0 Å². The standard InChI is InChI=1S/C10H13N3O/c11-10(14)8-6-12-13-9(8)7-4-2-1-3-5-7/h1-5,8-9,12-13H,6H2,(H2,11,14). The lowest BCUT2D eigenvalue weighted by Crippen LogP contribution is -2.30. The van der Waals surface area contributed by atoms with E-state index in [4.69, 9.17) is 5.73 Å². The molecule has 14 heavy (non-hydrogen) atoms. The minimum absolute atomic E-state index is 0.00583. The molecule has 1 saturated heterocycles. The highest BCUT2D eigenvalue weighted by molar-refractivity contribution is 5.78. The smallest absolute Gasteiger partial charge is 0.223 e. The van der Waals surface area contributed by atoms with Crippen molar-refractivity contribution in [3.05, 3.63) is 35.9 Å². The van der Waals surface area contributed by atoms with E-state index in [0.29, 0.717) is 6.54 Å². The van der Waals surface area contributed by atoms with Gasteiger partial charge in [-0.15, -0.1) is 0 Å². The second-order valence-electron chi connectivity index (χ2n) is 3.42. The Bertz CT molecular complexity index is 325. The van der Waals surface area contributed by atoms with E-state index in [9.17, 15) is 4.79 Å². The maximum atomic E-state index is 11.1. The Morgan fingerprint density at radius 2 is 2.07 bits per heavy atom. The fourth-order valence-electron chi connectivity index (χ4n) is 1.74. The molecule has 2 unspecified atom stereocenters. The van der Waals surface area contributed by atoms with Gasteiger partial charge in [0.15, 0.2) is 0 Å². The van der Waals surface area contributed by atoms with Gasteiger partial charge in [0, 0.05) is 6.54 Å². The summed E-state index contributed by atoms with van der Waals surface area (Å²) in [6.45, 7) is 0.592. The Balaban J connectivity index is 2.22. The SMILES string of the molecule is NC(=O)C1CNNC1c1ccccc1. The minimum Gasteiger partial charge on any atom is -0.369 e. The summed E-state index contributed by atoms with van der Waals surface area (Å²) in [5.41, 5.74) is 12.4. The largest absolute Gasteiger partial charge is 0.369 e. The van der Waals surface area contributed by atoms with Crippen molar-refractivity contribution >= 4 is 5.91 Å². The van der Waals surface area contributed by atoms with Gasteiger partial charge in [-0.25, -0.2) is 5.43 Å². The zero-order chi connectivity index (χ0) is 9.97. The molecule has 4 heteroatoms. The van der Waals surface area contributed by atoms with E-state index in [1.54, 1.807) is 0 Å². The Labute approximate surface area is 82.5 Å². The molecule has 1 aliphatic heterocycles. The summed E-state index contributed by atoms with van der Waals surface area (Å²) in [4.78, 5) is 11.1. The fourth-order valence-corrected chi connectivity index (χ4v) is 1.74. The second kappa shape index (κ2) is 3.77. The van der Waals surface area contributed by atoms with E-state index in [1.165, 1.54) is 0 Å². The Morgan fingerprint density at radius 1 is 1.36 bits per heavy atom. The third-order valence-corrected chi connectivity index (χ3v) is 2.51. The van der Waals surface area contributed by atoms with Crippen LogP contribution < -0.4 is 16.6 Å². The first kappa shape index (κ1) is 9.18. The van der Waals surface area contributed by atoms with Gasteiger partial charge in [0.1, 0.15) is 0 Å². The molecule has 1 heterocycles. The summed E-state index contributed by atoms with van der Waals surface area (Å²) in [6.07, 6.45) is 0. The molecule has 1 aromatic carbocycles. The van der Waals surface area contributed by atoms with E-state index in [-0.39, 0.29) is 17.9 Å². The number of nitrogens with two attached hydrogens (primary N) is 1. The first-order valence-corrected chi connectivity index (χ1v) is 4.61. The Hall–Kier alpha value is -1.39. The van der Waals surface area contributed by atoms with Crippen molar-refractivity contribution in [1.82, 2.24) is 10.9 Å². The third-order valence-electron chi connectivity index (χ3n) is 2.51. The minimum atomic E-state index is -0.267. The predicted octanol–water partition coefficient (Wildman–Crippen LogP) is -0.0630. The van der Waals surface area contributed by atoms with Crippen LogP contribution in [-0.4, -0.2) is 12.5 Å². The number of hydrogen-bond donors (Lipinski definition) is 3. The maximum absolute atomic E-state index is 11.1. The Kier molecular flexibility index (Phi) is 2.47. The summed E-state index contributed by atoms with van der Waals surface area (Å²) < 4.78 is 0. The van der Waals surface area contributed by atoms with Crippen molar-refractivity contribution in [3.8, 4) is 0 Å². The van der Waals surface area contributed by atoms with Crippen LogP contribution in [0.25, 0.3) is 0 Å². The van der Waals surface area contributed by atoms with E-state index < -0.39 is 0 Å². The van der Waals surface area contributed by atoms with Crippen LogP contribution in [0.1, 0.15) is 11.6 Å². The fraction of sp³-hybridized carbons (Fsp3) is 0.300. The molecule has 0 bridgehead atoms. The molecule has 1 amide bonds. The number of carbonyl (C=O) groups is 1. The average Bonchev–Trinajstić information content (AvgIpc) is 2.67. The molecule has 1 aliphatic rings. The lowest BCUT2D eigenvalue weighted by Gasteiger charge is -2.15. The van der Waals surface area contributed by atoms with E-state index in [0.717, 1.165) is 5.56 Å². The van der Waals surface area contributed by atoms with Crippen LogP contribution in [0.2, 0.25) is 0 Å². The summed E-state index contributed by atoms with van der Waals surface area (Å²) >= 11 is 0. The first-order valence-electron chi connectivity index (χ1n) is 4.61. The maximum Gasteiger partial charge on any atom is 0.223 e. The van der Waals surface area contributed by atoms with Gasteiger partial charge < -0.3 is 5.73 Å². The molecule has 0 saturated carbocycles. The average molecular weight is 191 g/mol. The Morgan fingerprint density at radius 3 is 2.71 bits per heavy atom. The molecule has 0 radical (unpaired) electrons. The van der Waals surface area contributed by atoms with Gasteiger partial charge in [-0.3, -0.25) is 10.2 Å². The normalized spacial score (nSPS) is 26.3. The number of primary amides is 1. The number of nitrogens with one attached hydrogen (secondary N) is 2. The lowest BCUT2D eigenvalue weighted by molar-refractivity contribution is -0.121. The molecule has 74 valence electrons. The van der Waals surface area contributed by atoms with Crippen LogP contribution in [-0.2, 0) is 4.79 Å². The molecule has 0 aliphatic carbocycles. The molecular weight excluding hydrogens is 178 g/mol. The molecule has 4 N–H and O–H groups in total. The zero-order valence-electron chi connectivity index (χ0n) is 7.73. The molecular formula is C10H13N3O. The molecule has 1 fully saturated rings. The molecule has 1 aromatic rings. The van der Waals surface area contributed by atoms with E-state index in [1.807, 2.05) is 30.3 Å². The highest BCUT2D eigenvalue weighted by atomic mass is 16.1. The van der Waals surface area contributed by atoms with E-state index >= 15 is 0 Å². The number of benzene rings is 1. The number of amides is 1. The quantitative estimate of drug-likeness (QED) is 0.613. The molecule has 2 rings (SSSR count). The summed E-state index contributed by atoms with van der Waals surface area (Å²) in [7, 11) is 0. The number of carbonyl (C=O) groups excluding carboxylic acids is 1. The zero-order valence-corrected chi connectivity index (χ0v) is 7.73. The highest BCUT2D eigenvalue weighted by Gasteiger charge is 2.31.